The number of furan rings is 1. The fraction of sp³-hybridized carbons (Fsp3) is 0.421. The van der Waals surface area contributed by atoms with E-state index in [0.717, 1.165) is 47.7 Å². The molecule has 2 aromatic heterocycles. The molecule has 0 amide bonds. The Hall–Kier alpha value is -3.28. The number of rotatable bonds is 2. The minimum Gasteiger partial charge on any atom is -0.497 e. The number of carboxylic acids is 1. The zero-order chi connectivity index (χ0) is 22.3. The van der Waals surface area contributed by atoms with Gasteiger partial charge in [0.2, 0.25) is 5.95 Å². The molecule has 2 aliphatic heterocycles. The third kappa shape index (κ3) is 4.02. The number of carboxylic acid groups (broad SMARTS) is 1. The van der Waals surface area contributed by atoms with Gasteiger partial charge in [-0.25, -0.2) is 9.78 Å². The molecule has 2 atom stereocenters. The molecule has 12 heteroatoms. The van der Waals surface area contributed by atoms with Crippen LogP contribution in [0.15, 0.2) is 22.6 Å². The highest BCUT2D eigenvalue weighted by molar-refractivity contribution is 6.06. The lowest BCUT2D eigenvalue weighted by atomic mass is 10.1. The molecule has 1 aromatic carbocycles. The molecule has 4 N–H and O–H groups in total. The van der Waals surface area contributed by atoms with Crippen LogP contribution in [0.1, 0.15) is 6.42 Å². The number of aromatic nitrogens is 2. The second-order valence-electron chi connectivity index (χ2n) is 7.36. The van der Waals surface area contributed by atoms with E-state index in [2.05, 4.69) is 20.2 Å². The largest absolute Gasteiger partial charge is 0.497 e. The number of carbonyl (C=O) groups is 1. The molecule has 9 nitrogen and oxygen atoms in total. The fourth-order valence-electron chi connectivity index (χ4n) is 3.99. The van der Waals surface area contributed by atoms with Crippen molar-refractivity contribution < 1.29 is 32.2 Å². The number of methoxy groups -OCH3 is 1. The number of nitrogens with one attached hydrogen (secondary N) is 1. The standard InChI is InChI=1S/C17H19N5O2.C2HF3O2/c1-23-10-2-3-13-11(6-10)14-15(24-13)16(21-17(18)20-14)22-7-9-4-5-19-12(9)8-22;3-2(4,5)1(6)7/h2-3,6,9,12,19H,4-5,7-8H2,1H3,(H2,18,20,21);(H,6,7)/t9-,12+;/m0./s1. The van der Waals surface area contributed by atoms with Crippen LogP contribution in [0.2, 0.25) is 0 Å². The van der Waals surface area contributed by atoms with Crippen LogP contribution in [0.25, 0.3) is 22.1 Å². The number of nitrogens with zero attached hydrogens (tertiary/aromatic N) is 3. The molecule has 0 aliphatic carbocycles. The van der Waals surface area contributed by atoms with Crippen LogP contribution in [-0.4, -0.2) is 60.0 Å². The van der Waals surface area contributed by atoms with Gasteiger partial charge in [0.1, 0.15) is 16.8 Å². The van der Waals surface area contributed by atoms with Gasteiger partial charge in [0.05, 0.1) is 12.5 Å². The van der Waals surface area contributed by atoms with Crippen molar-refractivity contribution in [3.8, 4) is 5.75 Å². The molecule has 0 spiro atoms. The smallest absolute Gasteiger partial charge is 0.490 e. The number of ether oxygens (including phenoxy) is 1. The molecule has 0 saturated carbocycles. The van der Waals surface area contributed by atoms with Crippen molar-refractivity contribution in [1.29, 1.82) is 0 Å². The average molecular weight is 439 g/mol. The summed E-state index contributed by atoms with van der Waals surface area (Å²) >= 11 is 0. The number of anilines is 2. The Balaban J connectivity index is 0.000000289. The Morgan fingerprint density at radius 1 is 1.35 bits per heavy atom. The molecule has 0 bridgehead atoms. The molecule has 2 fully saturated rings. The highest BCUT2D eigenvalue weighted by Crippen LogP contribution is 2.37. The van der Waals surface area contributed by atoms with Crippen LogP contribution >= 0.6 is 0 Å². The van der Waals surface area contributed by atoms with E-state index < -0.39 is 12.1 Å². The summed E-state index contributed by atoms with van der Waals surface area (Å²) in [5.74, 6) is -0.256. The third-order valence-corrected chi connectivity index (χ3v) is 5.42. The van der Waals surface area contributed by atoms with E-state index in [1.807, 2.05) is 18.2 Å². The highest BCUT2D eigenvalue weighted by Gasteiger charge is 2.38. The van der Waals surface area contributed by atoms with Gasteiger partial charge in [0.25, 0.3) is 0 Å². The Morgan fingerprint density at radius 2 is 2.10 bits per heavy atom. The van der Waals surface area contributed by atoms with E-state index in [0.29, 0.717) is 17.5 Å². The van der Waals surface area contributed by atoms with Crippen LogP contribution in [0.5, 0.6) is 5.75 Å². The summed E-state index contributed by atoms with van der Waals surface area (Å²) in [4.78, 5) is 20.1. The molecule has 0 radical (unpaired) electrons. The zero-order valence-electron chi connectivity index (χ0n) is 16.4. The Labute approximate surface area is 174 Å². The van der Waals surface area contributed by atoms with Gasteiger partial charge in [0, 0.05) is 19.1 Å². The van der Waals surface area contributed by atoms with Crippen LogP contribution < -0.4 is 20.7 Å². The summed E-state index contributed by atoms with van der Waals surface area (Å²) in [7, 11) is 1.65. The second-order valence-corrected chi connectivity index (χ2v) is 7.36. The molecule has 0 unspecified atom stereocenters. The molecule has 2 saturated heterocycles. The lowest BCUT2D eigenvalue weighted by Crippen LogP contribution is -2.30. The van der Waals surface area contributed by atoms with E-state index in [9.17, 15) is 13.2 Å². The first-order valence-corrected chi connectivity index (χ1v) is 9.49. The quantitative estimate of drug-likeness (QED) is 0.552. The molecule has 2 aliphatic rings. The molecular weight excluding hydrogens is 419 g/mol. The van der Waals surface area contributed by atoms with Crippen LogP contribution in [0.3, 0.4) is 0 Å². The van der Waals surface area contributed by atoms with Crippen LogP contribution in [-0.2, 0) is 4.79 Å². The number of nitrogens with two attached hydrogens (primary N) is 1. The van der Waals surface area contributed by atoms with Gasteiger partial charge in [-0.1, -0.05) is 0 Å². The topological polar surface area (TPSA) is 127 Å². The minimum atomic E-state index is -5.08. The van der Waals surface area contributed by atoms with Gasteiger partial charge in [-0.15, -0.1) is 0 Å². The van der Waals surface area contributed by atoms with E-state index >= 15 is 0 Å². The predicted octanol–water partition coefficient (Wildman–Crippen LogP) is 2.40. The molecule has 31 heavy (non-hydrogen) atoms. The summed E-state index contributed by atoms with van der Waals surface area (Å²) < 4.78 is 43.1. The lowest BCUT2D eigenvalue weighted by molar-refractivity contribution is -0.192. The van der Waals surface area contributed by atoms with Gasteiger partial charge >= 0.3 is 12.1 Å². The van der Waals surface area contributed by atoms with Crippen molar-refractivity contribution in [2.24, 2.45) is 5.92 Å². The van der Waals surface area contributed by atoms with E-state index in [1.165, 1.54) is 6.42 Å². The van der Waals surface area contributed by atoms with Gasteiger partial charge in [0.15, 0.2) is 11.4 Å². The maximum Gasteiger partial charge on any atom is 0.490 e. The number of alkyl halides is 3. The Morgan fingerprint density at radius 3 is 2.74 bits per heavy atom. The fourth-order valence-corrected chi connectivity index (χ4v) is 3.99. The summed E-state index contributed by atoms with van der Waals surface area (Å²) in [5, 5.41) is 11.6. The summed E-state index contributed by atoms with van der Waals surface area (Å²) in [5.41, 5.74) is 8.21. The third-order valence-electron chi connectivity index (χ3n) is 5.42. The number of fused-ring (bicyclic) bond motifs is 4. The van der Waals surface area contributed by atoms with Crippen molar-refractivity contribution in [3.63, 3.8) is 0 Å². The molecule has 4 heterocycles. The van der Waals surface area contributed by atoms with Crippen molar-refractivity contribution in [1.82, 2.24) is 15.3 Å². The monoisotopic (exact) mass is 439 g/mol. The van der Waals surface area contributed by atoms with E-state index in [4.69, 9.17) is 24.8 Å². The van der Waals surface area contributed by atoms with E-state index in [1.54, 1.807) is 7.11 Å². The van der Waals surface area contributed by atoms with Gasteiger partial charge < -0.3 is 30.2 Å². The number of nitrogen functional groups attached to an aromatic ring is 1. The number of hydrogen-bond acceptors (Lipinski definition) is 8. The Bertz CT molecular complexity index is 1120. The van der Waals surface area contributed by atoms with Gasteiger partial charge in [-0.2, -0.15) is 18.2 Å². The van der Waals surface area contributed by atoms with Crippen molar-refractivity contribution in [3.05, 3.63) is 18.2 Å². The van der Waals surface area contributed by atoms with Crippen LogP contribution in [0, 0.1) is 5.92 Å². The Kier molecular flexibility index (Phi) is 5.25. The normalized spacial score (nSPS) is 20.6. The zero-order valence-corrected chi connectivity index (χ0v) is 16.4. The molecular formula is C19H20F3N5O4. The van der Waals surface area contributed by atoms with Crippen molar-refractivity contribution in [2.45, 2.75) is 18.6 Å². The van der Waals surface area contributed by atoms with E-state index in [-0.39, 0.29) is 5.95 Å². The predicted molar refractivity (Wildman–Crippen MR) is 106 cm³/mol. The van der Waals surface area contributed by atoms with Gasteiger partial charge in [-0.3, -0.25) is 0 Å². The molecule has 5 rings (SSSR count). The van der Waals surface area contributed by atoms with Crippen molar-refractivity contribution in [2.75, 3.05) is 37.4 Å². The SMILES string of the molecule is COc1ccc2oc3c(N4C[C@@H]5CCN[C@@H]5C4)nc(N)nc3c2c1.O=C(O)C(F)(F)F. The first-order chi connectivity index (χ1) is 14.7. The minimum absolute atomic E-state index is 0.271. The number of benzene rings is 1. The second kappa shape index (κ2) is 7.76. The highest BCUT2D eigenvalue weighted by atomic mass is 19.4. The lowest BCUT2D eigenvalue weighted by Gasteiger charge is -2.18. The first kappa shape index (κ1) is 21.0. The maximum absolute atomic E-state index is 10.6. The van der Waals surface area contributed by atoms with Crippen molar-refractivity contribution >= 4 is 39.8 Å². The molecule has 166 valence electrons. The average Bonchev–Trinajstić information content (AvgIpc) is 3.39. The van der Waals surface area contributed by atoms with Crippen LogP contribution in [0.4, 0.5) is 24.9 Å². The number of hydrogen-bond donors (Lipinski definition) is 3. The molecule has 3 aromatic rings. The summed E-state index contributed by atoms with van der Waals surface area (Å²) in [6.45, 7) is 3.01. The maximum atomic E-state index is 10.6. The number of aliphatic carboxylic acids is 1. The summed E-state index contributed by atoms with van der Waals surface area (Å²) in [6.07, 6.45) is -3.87. The van der Waals surface area contributed by atoms with Gasteiger partial charge in [-0.05, 0) is 37.1 Å². The summed E-state index contributed by atoms with van der Waals surface area (Å²) in [6, 6.07) is 6.24. The number of halogens is 3. The first-order valence-electron chi connectivity index (χ1n) is 9.49.